The topological polar surface area (TPSA) is 151 Å². The lowest BCUT2D eigenvalue weighted by Gasteiger charge is -2.11. The molecule has 1 atom stereocenters. The van der Waals surface area contributed by atoms with Gasteiger partial charge in [-0.15, -0.1) is 0 Å². The summed E-state index contributed by atoms with van der Waals surface area (Å²) in [5.41, 5.74) is 14.6. The van der Waals surface area contributed by atoms with Gasteiger partial charge in [0.05, 0.1) is 6.42 Å². The third-order valence-corrected chi connectivity index (χ3v) is 1.63. The second-order valence-electron chi connectivity index (χ2n) is 2.94. The number of imide groups is 1. The molecule has 9 heteroatoms. The lowest BCUT2D eigenvalue weighted by molar-refractivity contribution is -0.127. The monoisotopic (exact) mass is 216 g/mol. The molecule has 0 aromatic carbocycles. The average molecular weight is 216 g/mol. The first kappa shape index (κ1) is 11.4. The SMILES string of the molecule is NC(N)NNC(=O)CC1NC(=O)NC1=O. The maximum absolute atomic E-state index is 11.1. The number of hydrogen-bond acceptors (Lipinski definition) is 6. The molecule has 0 spiro atoms. The van der Waals surface area contributed by atoms with Crippen molar-refractivity contribution < 1.29 is 14.4 Å². The number of carbonyl (C=O) groups is 3. The second-order valence-corrected chi connectivity index (χ2v) is 2.94. The first-order valence-corrected chi connectivity index (χ1v) is 4.16. The Kier molecular flexibility index (Phi) is 3.55. The largest absolute Gasteiger partial charge is 0.325 e. The number of nitrogens with one attached hydrogen (secondary N) is 4. The molecule has 0 saturated carbocycles. The Bertz CT molecular complexity index is 291. The molecule has 8 N–H and O–H groups in total. The standard InChI is InChI=1S/C6H12N6O3/c7-5(8)12-11-3(13)1-2-4(14)10-6(15)9-2/h2,5,12H,1,7-8H2,(H,11,13)(H2,9,10,14,15). The number of rotatable bonds is 4. The number of hydrazine groups is 1. The molecule has 0 bridgehead atoms. The number of nitrogens with two attached hydrogens (primary N) is 2. The van der Waals surface area contributed by atoms with E-state index in [0.29, 0.717) is 0 Å². The lowest BCUT2D eigenvalue weighted by atomic mass is 10.2. The van der Waals surface area contributed by atoms with E-state index >= 15 is 0 Å². The number of urea groups is 1. The van der Waals surface area contributed by atoms with Gasteiger partial charge in [-0.3, -0.25) is 20.3 Å². The maximum atomic E-state index is 11.1. The second kappa shape index (κ2) is 4.68. The molecule has 84 valence electrons. The zero-order valence-electron chi connectivity index (χ0n) is 7.74. The first-order valence-electron chi connectivity index (χ1n) is 4.16. The van der Waals surface area contributed by atoms with Crippen LogP contribution in [0.3, 0.4) is 0 Å². The predicted molar refractivity (Wildman–Crippen MR) is 48.5 cm³/mol. The van der Waals surface area contributed by atoms with Gasteiger partial charge in [-0.1, -0.05) is 0 Å². The zero-order valence-corrected chi connectivity index (χ0v) is 7.74. The van der Waals surface area contributed by atoms with Crippen molar-refractivity contribution in [3.05, 3.63) is 0 Å². The van der Waals surface area contributed by atoms with E-state index in [-0.39, 0.29) is 6.42 Å². The van der Waals surface area contributed by atoms with Gasteiger partial charge in [-0.05, 0) is 0 Å². The van der Waals surface area contributed by atoms with Crippen molar-refractivity contribution in [2.75, 3.05) is 0 Å². The van der Waals surface area contributed by atoms with Crippen LogP contribution in [0.2, 0.25) is 0 Å². The van der Waals surface area contributed by atoms with Crippen molar-refractivity contribution in [3.63, 3.8) is 0 Å². The van der Waals surface area contributed by atoms with Crippen LogP contribution in [0.1, 0.15) is 6.42 Å². The Labute approximate surface area is 84.9 Å². The normalized spacial score (nSPS) is 20.1. The van der Waals surface area contributed by atoms with Crippen LogP contribution in [0.4, 0.5) is 4.79 Å². The summed E-state index contributed by atoms with van der Waals surface area (Å²) in [5.74, 6) is -1.04. The molecule has 0 radical (unpaired) electrons. The minimum absolute atomic E-state index is 0.183. The van der Waals surface area contributed by atoms with E-state index in [1.165, 1.54) is 0 Å². The van der Waals surface area contributed by atoms with Crippen LogP contribution >= 0.6 is 0 Å². The number of carbonyl (C=O) groups excluding carboxylic acids is 3. The minimum Gasteiger partial charge on any atom is -0.325 e. The summed E-state index contributed by atoms with van der Waals surface area (Å²) in [6.07, 6.45) is -1.07. The van der Waals surface area contributed by atoms with Crippen molar-refractivity contribution in [2.45, 2.75) is 18.8 Å². The van der Waals surface area contributed by atoms with Crippen LogP contribution in [-0.4, -0.2) is 30.2 Å². The van der Waals surface area contributed by atoms with E-state index in [2.05, 4.69) is 16.2 Å². The molecule has 1 saturated heterocycles. The van der Waals surface area contributed by atoms with E-state index < -0.39 is 30.2 Å². The van der Waals surface area contributed by atoms with Crippen molar-refractivity contribution in [2.24, 2.45) is 11.5 Å². The molecule has 0 aromatic rings. The minimum atomic E-state index is -0.888. The Morgan fingerprint density at radius 2 is 2.13 bits per heavy atom. The molecule has 1 aliphatic rings. The molecule has 4 amide bonds. The highest BCUT2D eigenvalue weighted by Crippen LogP contribution is 1.97. The molecule has 0 aromatic heterocycles. The molecule has 1 aliphatic heterocycles. The average Bonchev–Trinajstić information content (AvgIpc) is 2.42. The van der Waals surface area contributed by atoms with E-state index in [1.807, 2.05) is 5.32 Å². The molecular formula is C6H12N6O3. The van der Waals surface area contributed by atoms with Crippen LogP contribution in [0, 0.1) is 0 Å². The summed E-state index contributed by atoms with van der Waals surface area (Å²) < 4.78 is 0. The predicted octanol–water partition coefficient (Wildman–Crippen LogP) is -3.59. The van der Waals surface area contributed by atoms with Crippen molar-refractivity contribution >= 4 is 17.8 Å². The lowest BCUT2D eigenvalue weighted by Crippen LogP contribution is -2.54. The van der Waals surface area contributed by atoms with E-state index in [4.69, 9.17) is 11.5 Å². The van der Waals surface area contributed by atoms with E-state index in [1.54, 1.807) is 0 Å². The highest BCUT2D eigenvalue weighted by Gasteiger charge is 2.31. The Balaban J connectivity index is 2.32. The van der Waals surface area contributed by atoms with Crippen LogP contribution in [0.15, 0.2) is 0 Å². The summed E-state index contributed by atoms with van der Waals surface area (Å²) in [6.45, 7) is 0. The fourth-order valence-corrected chi connectivity index (χ4v) is 1.00. The Hall–Kier alpha value is -1.71. The maximum Gasteiger partial charge on any atom is 0.322 e. The fraction of sp³-hybridized carbons (Fsp3) is 0.500. The Morgan fingerprint density at radius 3 is 2.60 bits per heavy atom. The van der Waals surface area contributed by atoms with Gasteiger partial charge in [0.2, 0.25) is 5.91 Å². The van der Waals surface area contributed by atoms with Crippen LogP contribution in [0.5, 0.6) is 0 Å². The van der Waals surface area contributed by atoms with Gasteiger partial charge < -0.3 is 16.8 Å². The van der Waals surface area contributed by atoms with Gasteiger partial charge >= 0.3 is 6.03 Å². The Morgan fingerprint density at radius 1 is 1.47 bits per heavy atom. The van der Waals surface area contributed by atoms with Crippen molar-refractivity contribution in [1.82, 2.24) is 21.5 Å². The molecule has 0 aliphatic carbocycles. The number of amides is 4. The molecule has 1 heterocycles. The first-order chi connectivity index (χ1) is 6.99. The molecule has 15 heavy (non-hydrogen) atoms. The van der Waals surface area contributed by atoms with Gasteiger partial charge in [0.25, 0.3) is 5.91 Å². The quantitative estimate of drug-likeness (QED) is 0.162. The third kappa shape index (κ3) is 3.50. The van der Waals surface area contributed by atoms with Gasteiger partial charge in [-0.25, -0.2) is 10.2 Å². The highest BCUT2D eigenvalue weighted by molar-refractivity contribution is 6.05. The molecule has 9 nitrogen and oxygen atoms in total. The summed E-state index contributed by atoms with van der Waals surface area (Å²) in [5, 5.41) is 4.27. The van der Waals surface area contributed by atoms with Gasteiger partial charge in [-0.2, -0.15) is 0 Å². The smallest absolute Gasteiger partial charge is 0.322 e. The summed E-state index contributed by atoms with van der Waals surface area (Å²) >= 11 is 0. The van der Waals surface area contributed by atoms with Gasteiger partial charge in [0.1, 0.15) is 12.3 Å². The molecular weight excluding hydrogens is 204 g/mol. The summed E-state index contributed by atoms with van der Waals surface area (Å²) in [4.78, 5) is 32.8. The fourth-order valence-electron chi connectivity index (χ4n) is 1.00. The van der Waals surface area contributed by atoms with Crippen molar-refractivity contribution in [1.29, 1.82) is 0 Å². The van der Waals surface area contributed by atoms with Crippen molar-refractivity contribution in [3.8, 4) is 0 Å². The van der Waals surface area contributed by atoms with Gasteiger partial charge in [0, 0.05) is 0 Å². The molecule has 1 rings (SSSR count). The number of hydrogen-bond donors (Lipinski definition) is 6. The van der Waals surface area contributed by atoms with E-state index in [9.17, 15) is 14.4 Å². The van der Waals surface area contributed by atoms with E-state index in [0.717, 1.165) is 0 Å². The van der Waals surface area contributed by atoms with Gasteiger partial charge in [0.15, 0.2) is 0 Å². The summed E-state index contributed by atoms with van der Waals surface area (Å²) in [6, 6.07) is -1.46. The van der Waals surface area contributed by atoms with Crippen LogP contribution in [0.25, 0.3) is 0 Å². The van der Waals surface area contributed by atoms with Crippen LogP contribution < -0.4 is 33.0 Å². The third-order valence-electron chi connectivity index (χ3n) is 1.63. The zero-order chi connectivity index (χ0) is 11.4. The molecule has 1 unspecified atom stereocenters. The highest BCUT2D eigenvalue weighted by atomic mass is 16.2. The van der Waals surface area contributed by atoms with Crippen LogP contribution in [-0.2, 0) is 9.59 Å². The summed E-state index contributed by atoms with van der Waals surface area (Å²) in [7, 11) is 0. The molecule has 1 fully saturated rings.